The topological polar surface area (TPSA) is 61.8 Å². The van der Waals surface area contributed by atoms with Crippen LogP contribution in [-0.2, 0) is 17.7 Å². The molecule has 1 fully saturated rings. The molecule has 1 atom stereocenters. The van der Waals surface area contributed by atoms with Crippen molar-refractivity contribution in [1.82, 2.24) is 15.6 Å². The van der Waals surface area contributed by atoms with Gasteiger partial charge in [-0.05, 0) is 43.9 Å². The predicted octanol–water partition coefficient (Wildman–Crippen LogP) is 2.99. The van der Waals surface area contributed by atoms with Crippen LogP contribution in [0.4, 0.5) is 5.82 Å². The van der Waals surface area contributed by atoms with Gasteiger partial charge < -0.3 is 20.3 Å². The Kier molecular flexibility index (Phi) is 8.31. The summed E-state index contributed by atoms with van der Waals surface area (Å²) in [7, 11) is 0. The predicted molar refractivity (Wildman–Crippen MR) is 119 cm³/mol. The van der Waals surface area contributed by atoms with Crippen molar-refractivity contribution in [3.63, 3.8) is 0 Å². The van der Waals surface area contributed by atoms with Crippen LogP contribution in [0.25, 0.3) is 0 Å². The van der Waals surface area contributed by atoms with E-state index in [9.17, 15) is 0 Å². The van der Waals surface area contributed by atoms with Gasteiger partial charge >= 0.3 is 0 Å². The van der Waals surface area contributed by atoms with Crippen LogP contribution in [0.1, 0.15) is 31.4 Å². The summed E-state index contributed by atoms with van der Waals surface area (Å²) in [6, 6.07) is 14.8. The van der Waals surface area contributed by atoms with Gasteiger partial charge in [0.25, 0.3) is 0 Å². The van der Waals surface area contributed by atoms with Crippen LogP contribution >= 0.6 is 0 Å². The molecule has 0 radical (unpaired) electrons. The summed E-state index contributed by atoms with van der Waals surface area (Å²) in [5.74, 6) is 1.87. The number of pyridine rings is 1. The number of ether oxygens (including phenoxy) is 1. The first-order chi connectivity index (χ1) is 14.2. The fourth-order valence-electron chi connectivity index (χ4n) is 3.38. The quantitative estimate of drug-likeness (QED) is 0.409. The molecule has 0 bridgehead atoms. The van der Waals surface area contributed by atoms with Crippen molar-refractivity contribution in [3.8, 4) is 0 Å². The van der Waals surface area contributed by atoms with E-state index in [4.69, 9.17) is 9.73 Å². The Morgan fingerprint density at radius 2 is 2.03 bits per heavy atom. The molecule has 1 aliphatic rings. The largest absolute Gasteiger partial charge is 0.375 e. The zero-order valence-corrected chi connectivity index (χ0v) is 17.6. The number of benzene rings is 1. The summed E-state index contributed by atoms with van der Waals surface area (Å²) in [5, 5.41) is 6.74. The molecule has 0 spiro atoms. The van der Waals surface area contributed by atoms with E-state index in [1.54, 1.807) is 0 Å². The summed E-state index contributed by atoms with van der Waals surface area (Å²) < 4.78 is 5.61. The SMILES string of the molecule is CCNC(=NCc1ccc(N2CCOC(C)C2)nc1)NCCCc1ccccc1. The lowest BCUT2D eigenvalue weighted by Crippen LogP contribution is -2.41. The van der Waals surface area contributed by atoms with E-state index in [1.165, 1.54) is 5.56 Å². The number of nitrogens with one attached hydrogen (secondary N) is 2. The lowest BCUT2D eigenvalue weighted by Gasteiger charge is -2.32. The Hall–Kier alpha value is -2.60. The molecule has 0 amide bonds. The highest BCUT2D eigenvalue weighted by Crippen LogP contribution is 2.15. The Morgan fingerprint density at radius 1 is 1.17 bits per heavy atom. The third kappa shape index (κ3) is 7.06. The number of hydrogen-bond acceptors (Lipinski definition) is 4. The van der Waals surface area contributed by atoms with Gasteiger partial charge in [-0.2, -0.15) is 0 Å². The molecule has 2 N–H and O–H groups in total. The van der Waals surface area contributed by atoms with Gasteiger partial charge in [-0.15, -0.1) is 0 Å². The van der Waals surface area contributed by atoms with Crippen molar-refractivity contribution >= 4 is 11.8 Å². The van der Waals surface area contributed by atoms with Gasteiger partial charge in [-0.3, -0.25) is 0 Å². The van der Waals surface area contributed by atoms with Crippen molar-refractivity contribution in [2.45, 2.75) is 39.3 Å². The van der Waals surface area contributed by atoms with Crippen LogP contribution in [0, 0.1) is 0 Å². The summed E-state index contributed by atoms with van der Waals surface area (Å²) in [6.45, 7) is 9.08. The van der Waals surface area contributed by atoms with E-state index < -0.39 is 0 Å². The molecule has 0 saturated carbocycles. The maximum absolute atomic E-state index is 5.61. The smallest absolute Gasteiger partial charge is 0.191 e. The number of aryl methyl sites for hydroxylation is 1. The minimum atomic E-state index is 0.255. The first-order valence-electron chi connectivity index (χ1n) is 10.6. The molecule has 6 heteroatoms. The summed E-state index contributed by atoms with van der Waals surface area (Å²) in [4.78, 5) is 11.6. The fourth-order valence-corrected chi connectivity index (χ4v) is 3.38. The Balaban J connectivity index is 1.47. The van der Waals surface area contributed by atoms with Gasteiger partial charge in [0.15, 0.2) is 5.96 Å². The number of aliphatic imine (C=N–C) groups is 1. The number of anilines is 1. The molecule has 1 saturated heterocycles. The van der Waals surface area contributed by atoms with Crippen LogP contribution in [0.2, 0.25) is 0 Å². The molecular weight excluding hydrogens is 362 g/mol. The first-order valence-corrected chi connectivity index (χ1v) is 10.6. The van der Waals surface area contributed by atoms with E-state index in [1.807, 2.05) is 6.20 Å². The van der Waals surface area contributed by atoms with Gasteiger partial charge in [0, 0.05) is 32.4 Å². The Bertz CT molecular complexity index is 748. The number of guanidine groups is 1. The molecular formula is C23H33N5O. The van der Waals surface area contributed by atoms with E-state index in [-0.39, 0.29) is 6.10 Å². The molecule has 2 heterocycles. The average Bonchev–Trinajstić information content (AvgIpc) is 2.76. The normalized spacial score (nSPS) is 17.2. The second kappa shape index (κ2) is 11.4. The molecule has 0 aliphatic carbocycles. The molecule has 6 nitrogen and oxygen atoms in total. The average molecular weight is 396 g/mol. The third-order valence-corrected chi connectivity index (χ3v) is 4.92. The zero-order chi connectivity index (χ0) is 20.3. The molecule has 29 heavy (non-hydrogen) atoms. The van der Waals surface area contributed by atoms with Crippen LogP contribution in [0.3, 0.4) is 0 Å². The zero-order valence-electron chi connectivity index (χ0n) is 17.6. The molecule has 2 aromatic rings. The minimum Gasteiger partial charge on any atom is -0.375 e. The number of hydrogen-bond donors (Lipinski definition) is 2. The van der Waals surface area contributed by atoms with Crippen LogP contribution in [0.5, 0.6) is 0 Å². The first kappa shape index (κ1) is 21.1. The van der Waals surface area contributed by atoms with Crippen molar-refractivity contribution in [1.29, 1.82) is 0 Å². The number of morpholine rings is 1. The Morgan fingerprint density at radius 3 is 2.76 bits per heavy atom. The van der Waals surface area contributed by atoms with E-state index in [0.717, 1.165) is 63.0 Å². The molecule has 1 aliphatic heterocycles. The Labute approximate surface area is 174 Å². The van der Waals surface area contributed by atoms with Crippen molar-refractivity contribution in [2.75, 3.05) is 37.7 Å². The van der Waals surface area contributed by atoms with Crippen molar-refractivity contribution < 1.29 is 4.74 Å². The highest BCUT2D eigenvalue weighted by atomic mass is 16.5. The van der Waals surface area contributed by atoms with Crippen LogP contribution in [-0.4, -0.2) is 49.8 Å². The van der Waals surface area contributed by atoms with E-state index >= 15 is 0 Å². The van der Waals surface area contributed by atoms with Crippen LogP contribution < -0.4 is 15.5 Å². The van der Waals surface area contributed by atoms with Gasteiger partial charge in [-0.1, -0.05) is 36.4 Å². The van der Waals surface area contributed by atoms with E-state index in [2.05, 4.69) is 76.8 Å². The third-order valence-electron chi connectivity index (χ3n) is 4.92. The summed E-state index contributed by atoms with van der Waals surface area (Å²) in [5.41, 5.74) is 2.48. The standard InChI is InChI=1S/C23H33N5O/c1-3-24-23(25-13-7-10-20-8-5-4-6-9-20)27-17-21-11-12-22(26-16-21)28-14-15-29-19(2)18-28/h4-6,8-9,11-12,16,19H,3,7,10,13-15,17-18H2,1-2H3,(H2,24,25,27). The molecule has 1 aromatic heterocycles. The summed E-state index contributed by atoms with van der Waals surface area (Å²) in [6.07, 6.45) is 4.32. The number of nitrogens with zero attached hydrogens (tertiary/aromatic N) is 3. The summed E-state index contributed by atoms with van der Waals surface area (Å²) >= 11 is 0. The van der Waals surface area contributed by atoms with E-state index in [0.29, 0.717) is 6.54 Å². The van der Waals surface area contributed by atoms with Gasteiger partial charge in [0.1, 0.15) is 5.82 Å². The second-order valence-corrected chi connectivity index (χ2v) is 7.36. The molecule has 1 aromatic carbocycles. The number of aromatic nitrogens is 1. The second-order valence-electron chi connectivity index (χ2n) is 7.36. The van der Waals surface area contributed by atoms with Crippen molar-refractivity contribution in [3.05, 3.63) is 59.8 Å². The monoisotopic (exact) mass is 395 g/mol. The molecule has 156 valence electrons. The lowest BCUT2D eigenvalue weighted by atomic mass is 10.1. The number of rotatable bonds is 8. The van der Waals surface area contributed by atoms with Gasteiger partial charge in [0.05, 0.1) is 19.3 Å². The van der Waals surface area contributed by atoms with Crippen LogP contribution in [0.15, 0.2) is 53.7 Å². The maximum Gasteiger partial charge on any atom is 0.191 e. The molecule has 1 unspecified atom stereocenters. The highest BCUT2D eigenvalue weighted by molar-refractivity contribution is 5.79. The van der Waals surface area contributed by atoms with Crippen molar-refractivity contribution in [2.24, 2.45) is 4.99 Å². The lowest BCUT2D eigenvalue weighted by molar-refractivity contribution is 0.0529. The maximum atomic E-state index is 5.61. The van der Waals surface area contributed by atoms with Gasteiger partial charge in [-0.25, -0.2) is 9.98 Å². The van der Waals surface area contributed by atoms with Gasteiger partial charge in [0.2, 0.25) is 0 Å². The molecule has 3 rings (SSSR count). The highest BCUT2D eigenvalue weighted by Gasteiger charge is 2.17. The fraction of sp³-hybridized carbons (Fsp3) is 0.478. The minimum absolute atomic E-state index is 0.255.